The van der Waals surface area contributed by atoms with Crippen molar-refractivity contribution >= 4 is 5.82 Å². The minimum atomic E-state index is 0.399. The number of nitrogens with zero attached hydrogens (tertiary/aromatic N) is 2. The van der Waals surface area contributed by atoms with Crippen molar-refractivity contribution in [1.29, 1.82) is 0 Å². The van der Waals surface area contributed by atoms with E-state index in [9.17, 15) is 0 Å². The highest BCUT2D eigenvalue weighted by molar-refractivity contribution is 5.41. The molecule has 84 valence electrons. The average Bonchev–Trinajstić information content (AvgIpc) is 2.70. The van der Waals surface area contributed by atoms with E-state index in [4.69, 9.17) is 16.2 Å². The van der Waals surface area contributed by atoms with Gasteiger partial charge in [0.15, 0.2) is 0 Å². The van der Waals surface area contributed by atoms with Gasteiger partial charge >= 0.3 is 0 Å². The predicted octanol–water partition coefficient (Wildman–Crippen LogP) is 0.922. The third-order valence-corrected chi connectivity index (χ3v) is 2.33. The third-order valence-electron chi connectivity index (χ3n) is 2.33. The Balaban J connectivity index is 2.41. The smallest absolute Gasteiger partial charge is 0.146 e. The maximum atomic E-state index is 5.64. The van der Waals surface area contributed by atoms with Gasteiger partial charge in [-0.05, 0) is 24.3 Å². The number of aromatic nitrogens is 2. The minimum absolute atomic E-state index is 0.399. The lowest BCUT2D eigenvalue weighted by Crippen LogP contribution is -2.06. The van der Waals surface area contributed by atoms with Crippen LogP contribution in [0.25, 0.3) is 5.69 Å². The van der Waals surface area contributed by atoms with Gasteiger partial charge in [-0.25, -0.2) is 4.68 Å². The van der Waals surface area contributed by atoms with E-state index in [-0.39, 0.29) is 0 Å². The Bertz CT molecular complexity index is 475. The first-order valence-corrected chi connectivity index (χ1v) is 4.93. The highest BCUT2D eigenvalue weighted by Gasteiger charge is 2.06. The van der Waals surface area contributed by atoms with Gasteiger partial charge in [-0.1, -0.05) is 0 Å². The Kier molecular flexibility index (Phi) is 2.78. The molecular weight excluding hydrogens is 204 g/mol. The summed E-state index contributed by atoms with van der Waals surface area (Å²) in [6, 6.07) is 9.32. The summed E-state index contributed by atoms with van der Waals surface area (Å²) < 4.78 is 6.82. The number of hydrogen-bond donors (Lipinski definition) is 2. The molecule has 5 heteroatoms. The fraction of sp³-hybridized carbons (Fsp3) is 0.182. The molecule has 1 aromatic carbocycles. The molecule has 5 nitrogen and oxygen atoms in total. The van der Waals surface area contributed by atoms with Crippen molar-refractivity contribution < 1.29 is 4.74 Å². The van der Waals surface area contributed by atoms with Gasteiger partial charge in [-0.3, -0.25) is 0 Å². The summed E-state index contributed by atoms with van der Waals surface area (Å²) in [5, 5.41) is 4.18. The Morgan fingerprint density at radius 1 is 1.31 bits per heavy atom. The van der Waals surface area contributed by atoms with Gasteiger partial charge in [-0.15, -0.1) is 0 Å². The molecule has 0 bridgehead atoms. The molecule has 0 saturated heterocycles. The van der Waals surface area contributed by atoms with E-state index in [2.05, 4.69) is 5.10 Å². The zero-order valence-corrected chi connectivity index (χ0v) is 9.05. The van der Waals surface area contributed by atoms with Crippen molar-refractivity contribution in [3.63, 3.8) is 0 Å². The van der Waals surface area contributed by atoms with Crippen molar-refractivity contribution in [1.82, 2.24) is 9.78 Å². The molecule has 0 unspecified atom stereocenters. The lowest BCUT2D eigenvalue weighted by Gasteiger charge is -2.06. The Morgan fingerprint density at radius 3 is 2.56 bits per heavy atom. The second-order valence-corrected chi connectivity index (χ2v) is 3.37. The first-order valence-electron chi connectivity index (χ1n) is 4.93. The molecule has 0 atom stereocenters. The molecule has 0 aliphatic carbocycles. The van der Waals surface area contributed by atoms with E-state index < -0.39 is 0 Å². The fourth-order valence-electron chi connectivity index (χ4n) is 1.53. The summed E-state index contributed by atoms with van der Waals surface area (Å²) in [4.78, 5) is 0. The zero-order chi connectivity index (χ0) is 11.5. The molecule has 1 aromatic heterocycles. The lowest BCUT2D eigenvalue weighted by atomic mass is 10.3. The van der Waals surface area contributed by atoms with Crippen molar-refractivity contribution in [2.45, 2.75) is 6.54 Å². The SMILES string of the molecule is COc1ccc(-n2nc(N)cc2CN)cc1. The van der Waals surface area contributed by atoms with Crippen LogP contribution >= 0.6 is 0 Å². The van der Waals surface area contributed by atoms with Crippen molar-refractivity contribution in [2.24, 2.45) is 5.73 Å². The second-order valence-electron chi connectivity index (χ2n) is 3.37. The number of nitrogen functional groups attached to an aromatic ring is 1. The zero-order valence-electron chi connectivity index (χ0n) is 9.05. The van der Waals surface area contributed by atoms with Crippen LogP contribution in [0.5, 0.6) is 5.75 Å². The summed E-state index contributed by atoms with van der Waals surface area (Å²) in [6.07, 6.45) is 0. The van der Waals surface area contributed by atoms with Crippen LogP contribution in [0.2, 0.25) is 0 Å². The molecular formula is C11H14N4O. The van der Waals surface area contributed by atoms with Gasteiger partial charge in [-0.2, -0.15) is 5.10 Å². The number of benzene rings is 1. The third kappa shape index (κ3) is 1.85. The number of anilines is 1. The molecule has 0 saturated carbocycles. The Labute approximate surface area is 93.6 Å². The molecule has 0 aliphatic rings. The molecule has 1 heterocycles. The van der Waals surface area contributed by atoms with Crippen molar-refractivity contribution in [3.05, 3.63) is 36.0 Å². The Hall–Kier alpha value is -2.01. The van der Waals surface area contributed by atoms with E-state index in [1.54, 1.807) is 17.9 Å². The summed E-state index contributed by atoms with van der Waals surface area (Å²) in [5.41, 5.74) is 13.0. The average molecular weight is 218 g/mol. The van der Waals surface area contributed by atoms with Crippen LogP contribution in [-0.4, -0.2) is 16.9 Å². The molecule has 0 aliphatic heterocycles. The Morgan fingerprint density at radius 2 is 2.00 bits per heavy atom. The summed E-state index contributed by atoms with van der Waals surface area (Å²) in [7, 11) is 1.63. The van der Waals surface area contributed by atoms with Crippen LogP contribution in [0.1, 0.15) is 5.69 Å². The first-order chi connectivity index (χ1) is 7.74. The quantitative estimate of drug-likeness (QED) is 0.803. The van der Waals surface area contributed by atoms with E-state index in [1.807, 2.05) is 24.3 Å². The maximum Gasteiger partial charge on any atom is 0.146 e. The molecule has 0 radical (unpaired) electrons. The largest absolute Gasteiger partial charge is 0.497 e. The molecule has 0 amide bonds. The van der Waals surface area contributed by atoms with Gasteiger partial charge < -0.3 is 16.2 Å². The van der Waals surface area contributed by atoms with Gasteiger partial charge in [0.1, 0.15) is 11.6 Å². The number of ether oxygens (including phenoxy) is 1. The second kappa shape index (κ2) is 4.24. The number of nitrogens with two attached hydrogens (primary N) is 2. The van der Waals surface area contributed by atoms with Crippen LogP contribution in [0.4, 0.5) is 5.82 Å². The number of methoxy groups -OCH3 is 1. The van der Waals surface area contributed by atoms with E-state index >= 15 is 0 Å². The van der Waals surface area contributed by atoms with Gasteiger partial charge in [0.25, 0.3) is 0 Å². The van der Waals surface area contributed by atoms with Crippen LogP contribution in [0.15, 0.2) is 30.3 Å². The topological polar surface area (TPSA) is 79.1 Å². The molecule has 0 fully saturated rings. The van der Waals surface area contributed by atoms with E-state index in [1.165, 1.54) is 0 Å². The van der Waals surface area contributed by atoms with Crippen LogP contribution < -0.4 is 16.2 Å². The normalized spacial score (nSPS) is 10.4. The predicted molar refractivity (Wildman–Crippen MR) is 62.4 cm³/mol. The number of hydrogen-bond acceptors (Lipinski definition) is 4. The summed E-state index contributed by atoms with van der Waals surface area (Å²) >= 11 is 0. The summed E-state index contributed by atoms with van der Waals surface area (Å²) in [6.45, 7) is 0.399. The molecule has 2 aromatic rings. The van der Waals surface area contributed by atoms with Crippen LogP contribution in [0.3, 0.4) is 0 Å². The maximum absolute atomic E-state index is 5.64. The highest BCUT2D eigenvalue weighted by Crippen LogP contribution is 2.17. The molecule has 2 rings (SSSR count). The fourth-order valence-corrected chi connectivity index (χ4v) is 1.53. The van der Waals surface area contributed by atoms with Crippen molar-refractivity contribution in [2.75, 3.05) is 12.8 Å². The number of rotatable bonds is 3. The lowest BCUT2D eigenvalue weighted by molar-refractivity contribution is 0.414. The minimum Gasteiger partial charge on any atom is -0.497 e. The van der Waals surface area contributed by atoms with E-state index in [0.717, 1.165) is 17.1 Å². The molecule has 16 heavy (non-hydrogen) atoms. The standard InChI is InChI=1S/C11H14N4O/c1-16-10-4-2-8(3-5-10)15-9(7-12)6-11(13)14-15/h2-6H,7,12H2,1H3,(H2,13,14). The molecule has 4 N–H and O–H groups in total. The summed E-state index contributed by atoms with van der Waals surface area (Å²) in [5.74, 6) is 1.27. The van der Waals surface area contributed by atoms with Gasteiger partial charge in [0, 0.05) is 12.6 Å². The van der Waals surface area contributed by atoms with Crippen LogP contribution in [-0.2, 0) is 6.54 Å². The van der Waals surface area contributed by atoms with Crippen LogP contribution in [0, 0.1) is 0 Å². The van der Waals surface area contributed by atoms with Crippen molar-refractivity contribution in [3.8, 4) is 11.4 Å². The first kappa shape index (κ1) is 10.5. The monoisotopic (exact) mass is 218 g/mol. The van der Waals surface area contributed by atoms with Gasteiger partial charge in [0.2, 0.25) is 0 Å². The van der Waals surface area contributed by atoms with E-state index in [0.29, 0.717) is 12.4 Å². The highest BCUT2D eigenvalue weighted by atomic mass is 16.5. The van der Waals surface area contributed by atoms with Gasteiger partial charge in [0.05, 0.1) is 18.5 Å². The molecule has 0 spiro atoms.